The van der Waals surface area contributed by atoms with Crippen LogP contribution in [0, 0.1) is 0 Å². The van der Waals surface area contributed by atoms with E-state index in [4.69, 9.17) is 4.74 Å². The van der Waals surface area contributed by atoms with Gasteiger partial charge in [-0.3, -0.25) is 9.80 Å². The molecule has 2 aliphatic rings. The van der Waals surface area contributed by atoms with Crippen LogP contribution in [-0.4, -0.2) is 61.4 Å². The molecule has 0 spiro atoms. The molecule has 0 N–H and O–H groups in total. The lowest BCUT2D eigenvalue weighted by atomic mass is 10.1. The second-order valence-electron chi connectivity index (χ2n) is 5.95. The number of hydrogen-bond acceptors (Lipinski definition) is 4. The van der Waals surface area contributed by atoms with E-state index in [0.717, 1.165) is 32.7 Å². The normalized spacial score (nSPS) is 31.4. The Balaban J connectivity index is 1.58. The minimum absolute atomic E-state index is 0.331. The van der Waals surface area contributed by atoms with Gasteiger partial charge in [0.2, 0.25) is 0 Å². The van der Waals surface area contributed by atoms with Gasteiger partial charge in [0.1, 0.15) is 6.17 Å². The molecule has 112 valence electrons. The number of likely N-dealkylation sites (tertiary alicyclic amines) is 1. The molecule has 0 aliphatic carbocycles. The molecule has 0 saturated carbocycles. The first-order chi connectivity index (χ1) is 9.72. The van der Waals surface area contributed by atoms with Crippen molar-refractivity contribution in [1.82, 2.24) is 9.80 Å². The van der Waals surface area contributed by atoms with Crippen LogP contribution in [0.2, 0.25) is 0 Å². The smallest absolute Gasteiger partial charge is 0.114 e. The van der Waals surface area contributed by atoms with E-state index in [-0.39, 0.29) is 0 Å². The van der Waals surface area contributed by atoms with Gasteiger partial charge in [-0.15, -0.1) is 11.3 Å². The van der Waals surface area contributed by atoms with E-state index in [1.807, 2.05) is 0 Å². The first-order valence-electron chi connectivity index (χ1n) is 7.41. The minimum atomic E-state index is -0.673. The predicted octanol–water partition coefficient (Wildman–Crippen LogP) is 2.38. The zero-order valence-electron chi connectivity index (χ0n) is 12.0. The fourth-order valence-corrected chi connectivity index (χ4v) is 3.99. The number of rotatable bonds is 5. The van der Waals surface area contributed by atoms with Crippen LogP contribution in [0.25, 0.3) is 0 Å². The summed E-state index contributed by atoms with van der Waals surface area (Å²) in [5.41, 5.74) is 0. The summed E-state index contributed by atoms with van der Waals surface area (Å²) in [6.45, 7) is 4.10. The molecule has 2 fully saturated rings. The zero-order chi connectivity index (χ0) is 13.9. The number of alkyl halides is 1. The maximum Gasteiger partial charge on any atom is 0.114 e. The Morgan fingerprint density at radius 1 is 1.55 bits per heavy atom. The van der Waals surface area contributed by atoms with Crippen molar-refractivity contribution in [3.8, 4) is 0 Å². The van der Waals surface area contributed by atoms with E-state index in [1.165, 1.54) is 4.88 Å². The van der Waals surface area contributed by atoms with Gasteiger partial charge < -0.3 is 4.74 Å². The van der Waals surface area contributed by atoms with Crippen molar-refractivity contribution in [2.24, 2.45) is 0 Å². The summed E-state index contributed by atoms with van der Waals surface area (Å²) in [4.78, 5) is 6.00. The van der Waals surface area contributed by atoms with Gasteiger partial charge in [-0.1, -0.05) is 6.07 Å². The Bertz CT molecular complexity index is 408. The molecule has 3 heterocycles. The Kier molecular flexibility index (Phi) is 4.71. The van der Waals surface area contributed by atoms with Crippen LogP contribution in [0.4, 0.5) is 4.39 Å². The fourth-order valence-electron chi connectivity index (χ4n) is 3.26. The zero-order valence-corrected chi connectivity index (χ0v) is 12.8. The number of halogens is 1. The number of thiophene rings is 1. The lowest BCUT2D eigenvalue weighted by Gasteiger charge is -2.30. The molecule has 1 aromatic heterocycles. The Labute approximate surface area is 124 Å². The topological polar surface area (TPSA) is 15.7 Å². The molecule has 0 unspecified atom stereocenters. The molecule has 20 heavy (non-hydrogen) atoms. The Morgan fingerprint density at radius 2 is 2.45 bits per heavy atom. The van der Waals surface area contributed by atoms with Gasteiger partial charge in [-0.2, -0.15) is 0 Å². The monoisotopic (exact) mass is 298 g/mol. The van der Waals surface area contributed by atoms with Gasteiger partial charge in [0.25, 0.3) is 0 Å². The van der Waals surface area contributed by atoms with Gasteiger partial charge in [0.05, 0.1) is 6.61 Å². The number of ether oxygens (including phenoxy) is 1. The van der Waals surface area contributed by atoms with Crippen LogP contribution < -0.4 is 0 Å². The van der Waals surface area contributed by atoms with Crippen molar-refractivity contribution >= 4 is 11.3 Å². The SMILES string of the molecule is CN(C[C@@H]1C[C@H](F)CN1Cc1cccs1)[C@H]1CCOC1. The molecule has 0 radical (unpaired) electrons. The van der Waals surface area contributed by atoms with Gasteiger partial charge in [0.15, 0.2) is 0 Å². The van der Waals surface area contributed by atoms with E-state index in [9.17, 15) is 4.39 Å². The highest BCUT2D eigenvalue weighted by Gasteiger charge is 2.34. The maximum absolute atomic E-state index is 13.8. The van der Waals surface area contributed by atoms with Gasteiger partial charge >= 0.3 is 0 Å². The van der Waals surface area contributed by atoms with Crippen molar-refractivity contribution in [3.05, 3.63) is 22.4 Å². The summed E-state index contributed by atoms with van der Waals surface area (Å²) in [7, 11) is 2.15. The van der Waals surface area contributed by atoms with Crippen molar-refractivity contribution < 1.29 is 9.13 Å². The molecule has 1 aromatic rings. The number of hydrogen-bond donors (Lipinski definition) is 0. The quantitative estimate of drug-likeness (QED) is 0.830. The predicted molar refractivity (Wildman–Crippen MR) is 79.9 cm³/mol. The van der Waals surface area contributed by atoms with Crippen LogP contribution in [0.1, 0.15) is 17.7 Å². The van der Waals surface area contributed by atoms with Crippen LogP contribution in [0.3, 0.4) is 0 Å². The molecular formula is C15H23FN2OS. The Hall–Kier alpha value is -0.490. The van der Waals surface area contributed by atoms with Crippen LogP contribution >= 0.6 is 11.3 Å². The van der Waals surface area contributed by atoms with Crippen molar-refractivity contribution in [3.63, 3.8) is 0 Å². The van der Waals surface area contributed by atoms with Crippen LogP contribution in [0.15, 0.2) is 17.5 Å². The van der Waals surface area contributed by atoms with E-state index >= 15 is 0 Å². The highest BCUT2D eigenvalue weighted by atomic mass is 32.1. The number of likely N-dealkylation sites (N-methyl/N-ethyl adjacent to an activating group) is 1. The average Bonchev–Trinajstić information content (AvgIpc) is 3.13. The molecule has 2 saturated heterocycles. The van der Waals surface area contributed by atoms with Crippen molar-refractivity contribution in [2.75, 3.05) is 33.4 Å². The van der Waals surface area contributed by atoms with E-state index in [2.05, 4.69) is 34.4 Å². The molecule has 0 bridgehead atoms. The maximum atomic E-state index is 13.8. The third-order valence-corrected chi connectivity index (χ3v) is 5.30. The fraction of sp³-hybridized carbons (Fsp3) is 0.733. The molecule has 0 amide bonds. The summed E-state index contributed by atoms with van der Waals surface area (Å²) >= 11 is 1.76. The number of nitrogens with zero attached hydrogens (tertiary/aromatic N) is 2. The molecule has 0 aromatic carbocycles. The largest absolute Gasteiger partial charge is 0.380 e. The van der Waals surface area contributed by atoms with Crippen LogP contribution in [0.5, 0.6) is 0 Å². The third-order valence-electron chi connectivity index (χ3n) is 4.44. The second kappa shape index (κ2) is 6.52. The highest BCUT2D eigenvalue weighted by Crippen LogP contribution is 2.25. The standard InChI is InChI=1S/C15H23FN2OS/c1-17(13-4-5-19-11-13)9-14-7-12(16)8-18(14)10-15-3-2-6-20-15/h2-3,6,12-14H,4-5,7-11H2,1H3/t12-,13-,14-/m0/s1. The van der Waals surface area contributed by atoms with Gasteiger partial charge in [0, 0.05) is 43.2 Å². The molecule has 2 aliphatic heterocycles. The summed E-state index contributed by atoms with van der Waals surface area (Å²) in [6.07, 6.45) is 1.10. The summed E-state index contributed by atoms with van der Waals surface area (Å²) in [6, 6.07) is 5.05. The van der Waals surface area contributed by atoms with Crippen LogP contribution in [-0.2, 0) is 11.3 Å². The summed E-state index contributed by atoms with van der Waals surface area (Å²) < 4.78 is 19.2. The van der Waals surface area contributed by atoms with Crippen molar-refractivity contribution in [1.29, 1.82) is 0 Å². The van der Waals surface area contributed by atoms with Gasteiger partial charge in [-0.05, 0) is 31.3 Å². The lowest BCUT2D eigenvalue weighted by molar-refractivity contribution is 0.131. The minimum Gasteiger partial charge on any atom is -0.380 e. The summed E-state index contributed by atoms with van der Waals surface area (Å²) in [5, 5.41) is 2.09. The van der Waals surface area contributed by atoms with E-state index in [0.29, 0.717) is 25.0 Å². The lowest BCUT2D eigenvalue weighted by Crippen LogP contribution is -2.42. The van der Waals surface area contributed by atoms with Crippen molar-refractivity contribution in [2.45, 2.75) is 37.6 Å². The van der Waals surface area contributed by atoms with E-state index < -0.39 is 6.17 Å². The average molecular weight is 298 g/mol. The van der Waals surface area contributed by atoms with E-state index in [1.54, 1.807) is 11.3 Å². The van der Waals surface area contributed by atoms with Gasteiger partial charge in [-0.25, -0.2) is 4.39 Å². The first-order valence-corrected chi connectivity index (χ1v) is 8.29. The first kappa shape index (κ1) is 14.4. The molecule has 3 rings (SSSR count). The third kappa shape index (κ3) is 3.39. The second-order valence-corrected chi connectivity index (χ2v) is 6.98. The molecule has 3 atom stereocenters. The molecular weight excluding hydrogens is 275 g/mol. The summed E-state index contributed by atoms with van der Waals surface area (Å²) in [5.74, 6) is 0. The molecule has 3 nitrogen and oxygen atoms in total. The highest BCUT2D eigenvalue weighted by molar-refractivity contribution is 7.09. The molecule has 5 heteroatoms. The Morgan fingerprint density at radius 3 is 3.15 bits per heavy atom.